The number of amides is 3. The van der Waals surface area contributed by atoms with Gasteiger partial charge in [0.2, 0.25) is 0 Å². The molecule has 3 rings (SSSR count). The van der Waals surface area contributed by atoms with Gasteiger partial charge < -0.3 is 15.2 Å². The minimum absolute atomic E-state index is 0.0141. The molecule has 0 radical (unpaired) electrons. The number of carbonyl (C=O) groups excluding carboxylic acids is 2. The minimum atomic E-state index is -1.15. The van der Waals surface area contributed by atoms with E-state index in [4.69, 9.17) is 4.74 Å². The van der Waals surface area contributed by atoms with Gasteiger partial charge in [0, 0.05) is 0 Å². The summed E-state index contributed by atoms with van der Waals surface area (Å²) in [5.41, 5.74) is 2.85. The third-order valence-electron chi connectivity index (χ3n) is 5.46. The molecule has 2 aromatic carbocycles. The average Bonchev–Trinajstić information content (AvgIpc) is 2.90. The van der Waals surface area contributed by atoms with Gasteiger partial charge in [-0.1, -0.05) is 44.2 Å². The van der Waals surface area contributed by atoms with Crippen molar-refractivity contribution in [3.05, 3.63) is 64.7 Å². The Morgan fingerprint density at radius 2 is 1.67 bits per heavy atom. The second-order valence-corrected chi connectivity index (χ2v) is 8.54. The number of benzene rings is 2. The number of nitrogens with one attached hydrogen (secondary N) is 1. The molecule has 2 atom stereocenters. The van der Waals surface area contributed by atoms with Crippen LogP contribution < -0.4 is 10.1 Å². The molecular weight excluding hydrogens is 380 g/mol. The predicted octanol–water partition coefficient (Wildman–Crippen LogP) is 3.63. The molecular formula is C24H30N2O4. The predicted molar refractivity (Wildman–Crippen MR) is 116 cm³/mol. The van der Waals surface area contributed by atoms with Crippen molar-refractivity contribution in [2.75, 3.05) is 13.2 Å². The Labute approximate surface area is 177 Å². The number of ether oxygens (including phenoxy) is 1. The lowest BCUT2D eigenvalue weighted by molar-refractivity contribution is -0.132. The van der Waals surface area contributed by atoms with Crippen LogP contribution in [0.2, 0.25) is 0 Å². The van der Waals surface area contributed by atoms with Crippen molar-refractivity contribution in [2.45, 2.75) is 52.2 Å². The van der Waals surface area contributed by atoms with Crippen LogP contribution in [0.3, 0.4) is 0 Å². The number of rotatable bonds is 7. The summed E-state index contributed by atoms with van der Waals surface area (Å²) in [7, 11) is 0. The van der Waals surface area contributed by atoms with Gasteiger partial charge in [0.05, 0.1) is 6.54 Å². The molecule has 6 heteroatoms. The fraction of sp³-hybridized carbons (Fsp3) is 0.417. The molecule has 1 aliphatic heterocycles. The van der Waals surface area contributed by atoms with Gasteiger partial charge in [-0.25, -0.2) is 4.79 Å². The van der Waals surface area contributed by atoms with Crippen LogP contribution in [0.5, 0.6) is 5.75 Å². The van der Waals surface area contributed by atoms with E-state index in [2.05, 4.69) is 19.2 Å². The first-order chi connectivity index (χ1) is 14.1. The quantitative estimate of drug-likeness (QED) is 0.683. The molecule has 2 aromatic rings. The van der Waals surface area contributed by atoms with Crippen LogP contribution in [0, 0.1) is 13.8 Å². The fourth-order valence-corrected chi connectivity index (χ4v) is 3.73. The molecule has 3 amide bonds. The molecule has 30 heavy (non-hydrogen) atoms. The number of hydrogen-bond acceptors (Lipinski definition) is 4. The van der Waals surface area contributed by atoms with E-state index in [0.29, 0.717) is 17.2 Å². The second-order valence-electron chi connectivity index (χ2n) is 8.54. The van der Waals surface area contributed by atoms with E-state index in [0.717, 1.165) is 21.6 Å². The largest absolute Gasteiger partial charge is 0.491 e. The molecule has 0 spiro atoms. The van der Waals surface area contributed by atoms with Gasteiger partial charge in [0.15, 0.2) is 0 Å². The van der Waals surface area contributed by atoms with Gasteiger partial charge in [0.25, 0.3) is 5.91 Å². The minimum Gasteiger partial charge on any atom is -0.491 e. The Morgan fingerprint density at radius 1 is 1.07 bits per heavy atom. The number of hydrogen-bond donors (Lipinski definition) is 2. The summed E-state index contributed by atoms with van der Waals surface area (Å²) in [6.07, 6.45) is -0.994. The Morgan fingerprint density at radius 3 is 2.23 bits per heavy atom. The van der Waals surface area contributed by atoms with Crippen molar-refractivity contribution >= 4 is 11.9 Å². The zero-order valence-electron chi connectivity index (χ0n) is 18.2. The lowest BCUT2D eigenvalue weighted by atomic mass is 9.90. The number of aliphatic hydroxyl groups excluding tert-OH is 1. The molecule has 0 bridgehead atoms. The highest BCUT2D eigenvalue weighted by atomic mass is 16.5. The number of urea groups is 1. The van der Waals surface area contributed by atoms with Gasteiger partial charge in [-0.3, -0.25) is 9.69 Å². The van der Waals surface area contributed by atoms with Gasteiger partial charge in [-0.05, 0) is 61.1 Å². The molecule has 1 aliphatic rings. The van der Waals surface area contributed by atoms with Crippen molar-refractivity contribution in [3.8, 4) is 5.75 Å². The molecule has 0 saturated carbocycles. The summed E-state index contributed by atoms with van der Waals surface area (Å²) in [5.74, 6) is 0.652. The number of nitrogens with zero attached hydrogens (tertiary/aromatic N) is 1. The first-order valence-electron chi connectivity index (χ1n) is 10.2. The summed E-state index contributed by atoms with van der Waals surface area (Å²) < 4.78 is 5.66. The Balaban J connectivity index is 1.66. The van der Waals surface area contributed by atoms with E-state index in [1.807, 2.05) is 56.3 Å². The molecule has 6 nitrogen and oxygen atoms in total. The van der Waals surface area contributed by atoms with E-state index in [-0.39, 0.29) is 19.1 Å². The lowest BCUT2D eigenvalue weighted by Crippen LogP contribution is -2.42. The van der Waals surface area contributed by atoms with E-state index in [9.17, 15) is 14.7 Å². The van der Waals surface area contributed by atoms with Crippen molar-refractivity contribution < 1.29 is 19.4 Å². The lowest BCUT2D eigenvalue weighted by Gasteiger charge is -2.23. The van der Waals surface area contributed by atoms with Crippen LogP contribution in [-0.4, -0.2) is 41.2 Å². The molecule has 0 aliphatic carbocycles. The maximum Gasteiger partial charge on any atom is 0.325 e. The maximum atomic E-state index is 13.0. The zero-order valence-corrected chi connectivity index (χ0v) is 18.2. The van der Waals surface area contributed by atoms with Crippen LogP contribution in [0.4, 0.5) is 4.79 Å². The molecule has 0 aromatic heterocycles. The zero-order chi connectivity index (χ0) is 22.1. The van der Waals surface area contributed by atoms with E-state index in [1.54, 1.807) is 6.92 Å². The third-order valence-corrected chi connectivity index (χ3v) is 5.46. The van der Waals surface area contributed by atoms with Crippen LogP contribution in [-0.2, 0) is 10.3 Å². The van der Waals surface area contributed by atoms with E-state index in [1.165, 1.54) is 0 Å². The summed E-state index contributed by atoms with van der Waals surface area (Å²) >= 11 is 0. The van der Waals surface area contributed by atoms with Crippen LogP contribution in [0.1, 0.15) is 48.9 Å². The number of imide groups is 1. The Kier molecular flexibility index (Phi) is 6.17. The maximum absolute atomic E-state index is 13.0. The SMILES string of the molecule is Cc1cc(C)cc(OC[C@@H](O)CN2C(=O)N[C@@](C)(c3ccc(C(C)C)cc3)C2=O)c1. The monoisotopic (exact) mass is 410 g/mol. The number of aliphatic hydroxyl groups is 1. The molecule has 160 valence electrons. The summed E-state index contributed by atoms with van der Waals surface area (Å²) in [6.45, 7) is 9.69. The Bertz CT molecular complexity index is 918. The summed E-state index contributed by atoms with van der Waals surface area (Å²) in [6, 6.07) is 13.0. The summed E-state index contributed by atoms with van der Waals surface area (Å²) in [5, 5.41) is 13.2. The number of carbonyl (C=O) groups is 2. The van der Waals surface area contributed by atoms with Gasteiger partial charge in [0.1, 0.15) is 24.0 Å². The topological polar surface area (TPSA) is 78.9 Å². The van der Waals surface area contributed by atoms with Crippen LogP contribution in [0.25, 0.3) is 0 Å². The van der Waals surface area contributed by atoms with Crippen molar-refractivity contribution in [1.82, 2.24) is 10.2 Å². The molecule has 2 N–H and O–H groups in total. The first kappa shape index (κ1) is 21.8. The van der Waals surface area contributed by atoms with Crippen molar-refractivity contribution in [3.63, 3.8) is 0 Å². The fourth-order valence-electron chi connectivity index (χ4n) is 3.73. The highest BCUT2D eigenvalue weighted by molar-refractivity contribution is 6.07. The normalized spacial score (nSPS) is 19.9. The second kappa shape index (κ2) is 8.48. The van der Waals surface area contributed by atoms with Gasteiger partial charge in [-0.2, -0.15) is 0 Å². The first-order valence-corrected chi connectivity index (χ1v) is 10.2. The van der Waals surface area contributed by atoms with Crippen molar-refractivity contribution in [2.24, 2.45) is 0 Å². The smallest absolute Gasteiger partial charge is 0.325 e. The van der Waals surface area contributed by atoms with Crippen molar-refractivity contribution in [1.29, 1.82) is 0 Å². The number of β-amino-alcohol motifs (C(OH)–C–C–N with tert-alkyl or cyclic N) is 1. The molecule has 1 heterocycles. The molecule has 0 unspecified atom stereocenters. The van der Waals surface area contributed by atoms with Crippen LogP contribution in [0.15, 0.2) is 42.5 Å². The van der Waals surface area contributed by atoms with Gasteiger partial charge >= 0.3 is 6.03 Å². The standard InChI is InChI=1S/C24H30N2O4/c1-15(2)18-6-8-19(9-7-18)24(5)22(28)26(23(29)25-24)13-20(27)14-30-21-11-16(3)10-17(4)12-21/h6-12,15,20,27H,13-14H2,1-5H3,(H,25,29)/t20-,24-/m0/s1. The molecule has 1 saturated heterocycles. The third kappa shape index (κ3) is 4.49. The summed E-state index contributed by atoms with van der Waals surface area (Å²) in [4.78, 5) is 26.6. The number of aryl methyl sites for hydroxylation is 2. The Hall–Kier alpha value is -2.86. The van der Waals surface area contributed by atoms with Gasteiger partial charge in [-0.15, -0.1) is 0 Å². The van der Waals surface area contributed by atoms with E-state index < -0.39 is 17.7 Å². The molecule has 1 fully saturated rings. The van der Waals surface area contributed by atoms with Crippen LogP contribution >= 0.6 is 0 Å². The highest BCUT2D eigenvalue weighted by Crippen LogP contribution is 2.30. The van der Waals surface area contributed by atoms with E-state index >= 15 is 0 Å². The highest BCUT2D eigenvalue weighted by Gasteiger charge is 2.49. The average molecular weight is 411 g/mol.